The minimum Gasteiger partial charge on any atom is -0.404 e. The van der Waals surface area contributed by atoms with Crippen molar-refractivity contribution in [3.63, 3.8) is 0 Å². The topological polar surface area (TPSA) is 88.2 Å². The molecule has 0 aromatic rings. The molecule has 4 nitrogen and oxygen atoms in total. The first-order valence-electron chi connectivity index (χ1n) is 5.52. The summed E-state index contributed by atoms with van der Waals surface area (Å²) in [5.74, 6) is 0. The molecule has 0 bridgehead atoms. The van der Waals surface area contributed by atoms with Crippen LogP contribution in [0.4, 0.5) is 13.2 Å². The zero-order valence-corrected chi connectivity index (χ0v) is 15.6. The van der Waals surface area contributed by atoms with E-state index in [-0.39, 0.29) is 57.3 Å². The molecular weight excluding hydrogens is 358 g/mol. The summed E-state index contributed by atoms with van der Waals surface area (Å²) in [4.78, 5) is 4.00. The molecule has 0 saturated heterocycles. The molecular formula is C13H22F3N4Y-. The van der Waals surface area contributed by atoms with Gasteiger partial charge in [-0.05, 0) is 5.41 Å². The Balaban J connectivity index is -0.00000162. The normalized spacial score (nSPS) is 14.1. The van der Waals surface area contributed by atoms with Crippen molar-refractivity contribution < 1.29 is 45.9 Å². The van der Waals surface area contributed by atoms with E-state index in [9.17, 15) is 13.2 Å². The molecule has 0 amide bonds. The summed E-state index contributed by atoms with van der Waals surface area (Å²) in [6, 6.07) is 0. The first-order chi connectivity index (χ1) is 8.53. The maximum atomic E-state index is 12.6. The second kappa shape index (κ2) is 10.1. The molecule has 0 aromatic heterocycles. The third-order valence-corrected chi connectivity index (χ3v) is 2.03. The van der Waals surface area contributed by atoms with Crippen LogP contribution in [0.2, 0.25) is 0 Å². The van der Waals surface area contributed by atoms with E-state index in [2.05, 4.69) is 4.99 Å². The average Bonchev–Trinajstić information content (AvgIpc) is 2.21. The fraction of sp³-hybridized carbons (Fsp3) is 0.462. The summed E-state index contributed by atoms with van der Waals surface area (Å²) in [6.07, 6.45) is -2.40. The van der Waals surface area contributed by atoms with Gasteiger partial charge in [0.1, 0.15) is 0 Å². The van der Waals surface area contributed by atoms with Crippen molar-refractivity contribution in [3.8, 4) is 0 Å². The fourth-order valence-corrected chi connectivity index (χ4v) is 1.09. The van der Waals surface area contributed by atoms with E-state index in [4.69, 9.17) is 16.9 Å². The number of aliphatic imine (C=N–C) groups is 1. The van der Waals surface area contributed by atoms with E-state index in [1.165, 1.54) is 6.21 Å². The van der Waals surface area contributed by atoms with E-state index < -0.39 is 17.4 Å². The van der Waals surface area contributed by atoms with E-state index in [0.717, 1.165) is 6.20 Å². The summed E-state index contributed by atoms with van der Waals surface area (Å²) in [6.45, 7) is 6.24. The smallest absolute Gasteiger partial charge is 0.404 e. The van der Waals surface area contributed by atoms with E-state index in [1.54, 1.807) is 0 Å². The van der Waals surface area contributed by atoms with Crippen LogP contribution >= 0.6 is 0 Å². The predicted molar refractivity (Wildman–Crippen MR) is 77.6 cm³/mol. The molecule has 0 fully saturated rings. The van der Waals surface area contributed by atoms with Crippen LogP contribution in [-0.4, -0.2) is 25.2 Å². The van der Waals surface area contributed by atoms with Gasteiger partial charge in [0.05, 0.1) is 11.3 Å². The quantitative estimate of drug-likeness (QED) is 0.398. The molecule has 1 radical (unpaired) electrons. The van der Waals surface area contributed by atoms with Gasteiger partial charge in [-0.3, -0.25) is 4.99 Å². The molecule has 8 heteroatoms. The van der Waals surface area contributed by atoms with E-state index >= 15 is 0 Å². The van der Waals surface area contributed by atoms with Crippen LogP contribution < -0.4 is 11.5 Å². The van der Waals surface area contributed by atoms with Crippen molar-refractivity contribution in [2.75, 3.05) is 6.54 Å². The first kappa shape index (κ1) is 25.3. The molecule has 21 heavy (non-hydrogen) atoms. The third kappa shape index (κ3) is 9.79. The average molecular weight is 380 g/mol. The number of nitrogens with one attached hydrogen (secondary N) is 1. The molecule has 0 unspecified atom stereocenters. The van der Waals surface area contributed by atoms with Gasteiger partial charge < -0.3 is 24.3 Å². The Kier molecular flexibility index (Phi) is 12.2. The minimum atomic E-state index is -4.70. The van der Waals surface area contributed by atoms with Crippen molar-refractivity contribution in [2.45, 2.75) is 26.9 Å². The van der Waals surface area contributed by atoms with Gasteiger partial charge in [-0.25, -0.2) is 0 Å². The minimum absolute atomic E-state index is 0. The van der Waals surface area contributed by atoms with Gasteiger partial charge in [-0.2, -0.15) is 13.2 Å². The Labute approximate surface area is 149 Å². The van der Waals surface area contributed by atoms with Crippen LogP contribution in [0.25, 0.3) is 0 Å². The van der Waals surface area contributed by atoms with Gasteiger partial charge in [-0.1, -0.05) is 20.8 Å². The largest absolute Gasteiger partial charge is 0.419 e. The zero-order valence-electron chi connectivity index (χ0n) is 12.8. The van der Waals surface area contributed by atoms with E-state index in [1.807, 2.05) is 20.8 Å². The number of nitrogens with two attached hydrogens (primary N) is 2. The Morgan fingerprint density at radius 3 is 2.00 bits per heavy atom. The van der Waals surface area contributed by atoms with E-state index in [0.29, 0.717) is 6.54 Å². The van der Waals surface area contributed by atoms with Crippen molar-refractivity contribution in [3.05, 3.63) is 30.5 Å². The first-order valence-corrected chi connectivity index (χ1v) is 5.52. The number of allylic oxidation sites excluding steroid dienone is 2. The van der Waals surface area contributed by atoms with Crippen LogP contribution in [0.1, 0.15) is 20.8 Å². The van der Waals surface area contributed by atoms with Gasteiger partial charge in [-0.15, -0.1) is 0 Å². The number of nitrogens with zero attached hydrogens (tertiary/aromatic N) is 1. The molecule has 0 aliphatic carbocycles. The second-order valence-corrected chi connectivity index (χ2v) is 5.12. The summed E-state index contributed by atoms with van der Waals surface area (Å²) in [7, 11) is 0. The maximum absolute atomic E-state index is 12.6. The van der Waals surface area contributed by atoms with Gasteiger partial charge in [0, 0.05) is 63.5 Å². The molecule has 119 valence electrons. The number of rotatable bonds is 4. The molecule has 0 heterocycles. The standard InChI is InChI=1S/C12H19F3N4.CH3.Y/c1-11(2,3)7-19-6-8(4-16)10(18)9(5-17)12(13,14)15;;/h4-6,17H,7,16,18H2,1-3H3;1H3;/q;-1;/b8-4+,10-9+,17-5?,19-6?;;. The Hall–Kier alpha value is -0.686. The SMILES string of the molecule is CC(C)(C)CN=CC(=C\N)/C(N)=C(/C=N)C(F)(F)F.[CH3-].[Y]. The fourth-order valence-electron chi connectivity index (χ4n) is 1.09. The van der Waals surface area contributed by atoms with Crippen molar-refractivity contribution in [1.29, 1.82) is 5.41 Å². The Bertz CT molecular complexity index is 418. The number of hydrogen-bond acceptors (Lipinski definition) is 4. The van der Waals surface area contributed by atoms with Gasteiger partial charge in [0.25, 0.3) is 0 Å². The molecule has 5 N–H and O–H groups in total. The van der Waals surface area contributed by atoms with Crippen LogP contribution in [0.3, 0.4) is 0 Å². The molecule has 0 atom stereocenters. The van der Waals surface area contributed by atoms with Crippen LogP contribution in [0.5, 0.6) is 0 Å². The maximum Gasteiger partial charge on any atom is 0.419 e. The molecule has 0 spiro atoms. The van der Waals surface area contributed by atoms with Crippen molar-refractivity contribution in [2.24, 2.45) is 21.9 Å². The van der Waals surface area contributed by atoms with Crippen molar-refractivity contribution in [1.82, 2.24) is 0 Å². The third-order valence-electron chi connectivity index (χ3n) is 2.03. The second-order valence-electron chi connectivity index (χ2n) is 5.12. The van der Waals surface area contributed by atoms with Gasteiger partial charge in [0.15, 0.2) is 0 Å². The molecule has 0 aliphatic heterocycles. The molecule has 0 saturated carbocycles. The van der Waals surface area contributed by atoms with Crippen LogP contribution in [0, 0.1) is 18.3 Å². The van der Waals surface area contributed by atoms with Crippen LogP contribution in [-0.2, 0) is 32.7 Å². The van der Waals surface area contributed by atoms with Crippen molar-refractivity contribution >= 4 is 12.4 Å². The summed E-state index contributed by atoms with van der Waals surface area (Å²) >= 11 is 0. The zero-order chi connectivity index (χ0) is 15.3. The molecule has 0 aromatic carbocycles. The predicted octanol–water partition coefficient (Wildman–Crippen LogP) is 2.82. The number of halogens is 3. The number of hydrogen-bond donors (Lipinski definition) is 3. The van der Waals surface area contributed by atoms with Gasteiger partial charge in [0.2, 0.25) is 0 Å². The Morgan fingerprint density at radius 1 is 1.24 bits per heavy atom. The van der Waals surface area contributed by atoms with Crippen LogP contribution in [0.15, 0.2) is 28.0 Å². The summed E-state index contributed by atoms with van der Waals surface area (Å²) in [5, 5.41) is 6.80. The summed E-state index contributed by atoms with van der Waals surface area (Å²) < 4.78 is 37.7. The monoisotopic (exact) mass is 380 g/mol. The molecule has 0 rings (SSSR count). The Morgan fingerprint density at radius 2 is 1.71 bits per heavy atom. The van der Waals surface area contributed by atoms with Gasteiger partial charge >= 0.3 is 6.18 Å². The summed E-state index contributed by atoms with van der Waals surface area (Å²) in [5.41, 5.74) is 8.64. The number of alkyl halides is 3. The molecule has 0 aliphatic rings.